The molecule has 18 heavy (non-hydrogen) atoms. The lowest BCUT2D eigenvalue weighted by atomic mass is 9.84. The van der Waals surface area contributed by atoms with Crippen molar-refractivity contribution < 1.29 is 9.21 Å². The summed E-state index contributed by atoms with van der Waals surface area (Å²) in [5.41, 5.74) is 0.489. The molecule has 1 aromatic rings. The largest absolute Gasteiger partial charge is 0.469 e. The van der Waals surface area contributed by atoms with Gasteiger partial charge in [-0.25, -0.2) is 0 Å². The fraction of sp³-hybridized carbons (Fsp3) is 0.571. The van der Waals surface area contributed by atoms with Crippen molar-refractivity contribution in [2.45, 2.75) is 45.1 Å². The molecular weight excluding hydrogens is 228 g/mol. The third kappa shape index (κ3) is 2.92. The monoisotopic (exact) mass is 246 g/mol. The number of nitrogens with one attached hydrogen (secondary N) is 1. The summed E-state index contributed by atoms with van der Waals surface area (Å²) < 4.78 is 5.10. The lowest BCUT2D eigenvalue weighted by Crippen LogP contribution is -2.39. The van der Waals surface area contributed by atoms with Gasteiger partial charge in [-0.3, -0.25) is 4.79 Å². The van der Waals surface area contributed by atoms with E-state index in [1.165, 1.54) is 12.7 Å². The van der Waals surface area contributed by atoms with Crippen LogP contribution in [0.1, 0.15) is 48.2 Å². The predicted molar refractivity (Wildman–Crippen MR) is 66.9 cm³/mol. The van der Waals surface area contributed by atoms with Crippen molar-refractivity contribution in [1.29, 1.82) is 5.26 Å². The highest BCUT2D eigenvalue weighted by Gasteiger charge is 2.25. The molecule has 1 aliphatic carbocycles. The van der Waals surface area contributed by atoms with Crippen molar-refractivity contribution in [2.24, 2.45) is 5.92 Å². The summed E-state index contributed by atoms with van der Waals surface area (Å²) >= 11 is 0. The van der Waals surface area contributed by atoms with Crippen LogP contribution >= 0.6 is 0 Å². The zero-order valence-electron chi connectivity index (χ0n) is 10.6. The van der Waals surface area contributed by atoms with E-state index in [4.69, 9.17) is 4.42 Å². The Balaban J connectivity index is 1.98. The summed E-state index contributed by atoms with van der Waals surface area (Å²) in [5.74, 6) is 0.774. The van der Waals surface area contributed by atoms with Crippen LogP contribution < -0.4 is 5.32 Å². The van der Waals surface area contributed by atoms with Crippen LogP contribution in [0.4, 0.5) is 0 Å². The van der Waals surface area contributed by atoms with Gasteiger partial charge in [0.1, 0.15) is 18.1 Å². The molecule has 0 aliphatic heterocycles. The van der Waals surface area contributed by atoms with E-state index < -0.39 is 0 Å². The highest BCUT2D eigenvalue weighted by atomic mass is 16.3. The Labute approximate surface area is 107 Å². The first-order valence-corrected chi connectivity index (χ1v) is 6.46. The van der Waals surface area contributed by atoms with E-state index in [-0.39, 0.29) is 11.9 Å². The van der Waals surface area contributed by atoms with Gasteiger partial charge in [0.15, 0.2) is 0 Å². The van der Waals surface area contributed by atoms with Crippen molar-refractivity contribution in [3.05, 3.63) is 23.7 Å². The second kappa shape index (κ2) is 5.72. The molecule has 1 aliphatic rings. The number of amides is 1. The maximum Gasteiger partial charge on any atom is 0.255 e. The van der Waals surface area contributed by atoms with Crippen LogP contribution in [0.25, 0.3) is 0 Å². The van der Waals surface area contributed by atoms with Crippen LogP contribution in [0.3, 0.4) is 0 Å². The lowest BCUT2D eigenvalue weighted by Gasteiger charge is -2.26. The smallest absolute Gasteiger partial charge is 0.255 e. The number of carbonyl (C=O) groups is 1. The third-order valence-electron chi connectivity index (χ3n) is 3.54. The first kappa shape index (κ1) is 12.7. The fourth-order valence-corrected chi connectivity index (χ4v) is 2.51. The molecule has 0 bridgehead atoms. The molecule has 1 aromatic heterocycles. The zero-order chi connectivity index (χ0) is 13.0. The number of rotatable bonds is 3. The number of aryl methyl sites for hydroxylation is 1. The summed E-state index contributed by atoms with van der Waals surface area (Å²) in [7, 11) is 0. The van der Waals surface area contributed by atoms with Crippen LogP contribution in [0, 0.1) is 24.2 Å². The van der Waals surface area contributed by atoms with Gasteiger partial charge in [-0.15, -0.1) is 0 Å². The highest BCUT2D eigenvalue weighted by Crippen LogP contribution is 2.26. The molecule has 1 heterocycles. The third-order valence-corrected chi connectivity index (χ3v) is 3.54. The molecule has 2 rings (SSSR count). The first-order valence-electron chi connectivity index (χ1n) is 6.46. The molecule has 0 aromatic carbocycles. The minimum absolute atomic E-state index is 0.219. The molecule has 4 nitrogen and oxygen atoms in total. The van der Waals surface area contributed by atoms with Gasteiger partial charge in [0.25, 0.3) is 5.91 Å². The van der Waals surface area contributed by atoms with Gasteiger partial charge in [0, 0.05) is 0 Å². The van der Waals surface area contributed by atoms with Crippen LogP contribution in [-0.2, 0) is 0 Å². The Morgan fingerprint density at radius 3 is 2.78 bits per heavy atom. The normalized spacial score (nSPS) is 18.0. The van der Waals surface area contributed by atoms with Gasteiger partial charge in [0.05, 0.1) is 11.6 Å². The summed E-state index contributed by atoms with van der Waals surface area (Å²) in [6.07, 6.45) is 7.04. The van der Waals surface area contributed by atoms with E-state index in [0.717, 1.165) is 25.7 Å². The van der Waals surface area contributed by atoms with Gasteiger partial charge >= 0.3 is 0 Å². The average Bonchev–Trinajstić information content (AvgIpc) is 2.83. The van der Waals surface area contributed by atoms with Gasteiger partial charge < -0.3 is 9.73 Å². The van der Waals surface area contributed by atoms with Crippen LogP contribution in [-0.4, -0.2) is 11.9 Å². The summed E-state index contributed by atoms with van der Waals surface area (Å²) in [6.45, 7) is 1.79. The first-order chi connectivity index (χ1) is 8.70. The molecule has 0 saturated heterocycles. The standard InChI is InChI=1S/C14H18N2O2/c1-10-7-12(9-18-10)14(17)16-13(8-15)11-5-3-2-4-6-11/h7,9,11,13H,2-6H2,1H3,(H,16,17). The highest BCUT2D eigenvalue weighted by molar-refractivity contribution is 5.94. The quantitative estimate of drug-likeness (QED) is 0.891. The molecule has 1 N–H and O–H groups in total. The summed E-state index contributed by atoms with van der Waals surface area (Å²) in [6, 6.07) is 3.52. The SMILES string of the molecule is Cc1cc(C(=O)NC(C#N)C2CCCCC2)co1. The van der Waals surface area contributed by atoms with E-state index in [1.807, 2.05) is 0 Å². The number of hydrogen-bond donors (Lipinski definition) is 1. The minimum atomic E-state index is -0.381. The van der Waals surface area contributed by atoms with Crippen molar-refractivity contribution in [2.75, 3.05) is 0 Å². The zero-order valence-corrected chi connectivity index (χ0v) is 10.6. The number of furan rings is 1. The van der Waals surface area contributed by atoms with Gasteiger partial charge in [-0.1, -0.05) is 19.3 Å². The van der Waals surface area contributed by atoms with E-state index >= 15 is 0 Å². The predicted octanol–water partition coefficient (Wildman–Crippen LogP) is 2.79. The molecule has 4 heteroatoms. The number of nitriles is 1. The van der Waals surface area contributed by atoms with Gasteiger partial charge in [0.2, 0.25) is 0 Å². The Hall–Kier alpha value is -1.76. The lowest BCUT2D eigenvalue weighted by molar-refractivity contribution is 0.0928. The Morgan fingerprint density at radius 1 is 1.50 bits per heavy atom. The molecule has 0 spiro atoms. The second-order valence-corrected chi connectivity index (χ2v) is 4.92. The molecule has 1 saturated carbocycles. The van der Waals surface area contributed by atoms with Crippen LogP contribution in [0.2, 0.25) is 0 Å². The summed E-state index contributed by atoms with van der Waals surface area (Å²) in [4.78, 5) is 11.9. The number of nitrogens with zero attached hydrogens (tertiary/aromatic N) is 1. The van der Waals surface area contributed by atoms with E-state index in [0.29, 0.717) is 17.2 Å². The fourth-order valence-electron chi connectivity index (χ4n) is 2.51. The van der Waals surface area contributed by atoms with Crippen molar-refractivity contribution >= 4 is 5.91 Å². The number of carbonyl (C=O) groups excluding carboxylic acids is 1. The molecular formula is C14H18N2O2. The van der Waals surface area contributed by atoms with Crippen molar-refractivity contribution in [3.8, 4) is 6.07 Å². The van der Waals surface area contributed by atoms with Gasteiger partial charge in [-0.2, -0.15) is 5.26 Å². The van der Waals surface area contributed by atoms with E-state index in [1.54, 1.807) is 13.0 Å². The van der Waals surface area contributed by atoms with E-state index in [9.17, 15) is 10.1 Å². The Bertz CT molecular complexity index is 453. The number of hydrogen-bond acceptors (Lipinski definition) is 3. The van der Waals surface area contributed by atoms with Crippen molar-refractivity contribution in [3.63, 3.8) is 0 Å². The van der Waals surface area contributed by atoms with Crippen LogP contribution in [0.15, 0.2) is 16.7 Å². The topological polar surface area (TPSA) is 66.0 Å². The van der Waals surface area contributed by atoms with Crippen LogP contribution in [0.5, 0.6) is 0 Å². The maximum atomic E-state index is 11.9. The molecule has 0 radical (unpaired) electrons. The van der Waals surface area contributed by atoms with Crippen molar-refractivity contribution in [1.82, 2.24) is 5.32 Å². The Morgan fingerprint density at radius 2 is 2.22 bits per heavy atom. The maximum absolute atomic E-state index is 11.9. The molecule has 1 fully saturated rings. The molecule has 1 unspecified atom stereocenters. The minimum Gasteiger partial charge on any atom is -0.469 e. The molecule has 1 amide bonds. The van der Waals surface area contributed by atoms with Gasteiger partial charge in [-0.05, 0) is 31.7 Å². The molecule has 1 atom stereocenters. The van der Waals surface area contributed by atoms with E-state index in [2.05, 4.69) is 11.4 Å². The second-order valence-electron chi connectivity index (χ2n) is 4.92. The molecule has 96 valence electrons. The Kier molecular flexibility index (Phi) is 4.03. The average molecular weight is 246 g/mol. The summed E-state index contributed by atoms with van der Waals surface area (Å²) in [5, 5.41) is 12.0.